The van der Waals surface area contributed by atoms with E-state index in [-0.39, 0.29) is 17.7 Å². The molecule has 1 fully saturated rings. The maximum Gasteiger partial charge on any atom is 0.266 e. The minimum Gasteiger partial charge on any atom is -0.369 e. The molecule has 0 radical (unpaired) electrons. The Hall–Kier alpha value is -1.70. The number of thiophene rings is 1. The van der Waals surface area contributed by atoms with Gasteiger partial charge in [0.25, 0.3) is 5.91 Å². The zero-order chi connectivity index (χ0) is 17.8. The number of carbonyl (C=O) groups is 2. The number of nitrogens with one attached hydrogen (secondary N) is 1. The molecule has 1 aliphatic rings. The van der Waals surface area contributed by atoms with Crippen LogP contribution in [0.25, 0.3) is 0 Å². The van der Waals surface area contributed by atoms with Crippen LogP contribution in [0.1, 0.15) is 28.1 Å². The normalized spacial score (nSPS) is 18.0. The van der Waals surface area contributed by atoms with Crippen molar-refractivity contribution in [3.05, 3.63) is 50.6 Å². The first-order valence-corrected chi connectivity index (χ1v) is 9.85. The number of primary amides is 1. The molecule has 2 aromatic rings. The zero-order valence-corrected chi connectivity index (χ0v) is 16.1. The van der Waals surface area contributed by atoms with Crippen molar-refractivity contribution in [2.75, 3.05) is 18.4 Å². The molecule has 0 aliphatic carbocycles. The monoisotopic (exact) mass is 421 g/mol. The van der Waals surface area contributed by atoms with Crippen molar-refractivity contribution in [3.63, 3.8) is 0 Å². The third-order valence-electron chi connectivity index (χ3n) is 4.35. The Morgan fingerprint density at radius 2 is 2.04 bits per heavy atom. The summed E-state index contributed by atoms with van der Waals surface area (Å²) in [7, 11) is 0. The lowest BCUT2D eigenvalue weighted by molar-refractivity contribution is -0.123. The Bertz CT molecular complexity index is 760. The number of halogens is 1. The van der Waals surface area contributed by atoms with Gasteiger partial charge in [0, 0.05) is 23.2 Å². The summed E-state index contributed by atoms with van der Waals surface area (Å²) in [6, 6.07) is 9.69. The zero-order valence-electron chi connectivity index (χ0n) is 13.7. The predicted octanol–water partition coefficient (Wildman–Crippen LogP) is 3.46. The van der Waals surface area contributed by atoms with Crippen LogP contribution in [-0.2, 0) is 11.3 Å². The van der Waals surface area contributed by atoms with Gasteiger partial charge in [-0.25, -0.2) is 0 Å². The average Bonchev–Trinajstić information content (AvgIpc) is 3.03. The van der Waals surface area contributed by atoms with E-state index in [2.05, 4.69) is 26.1 Å². The lowest BCUT2D eigenvalue weighted by Gasteiger charge is -2.31. The first-order chi connectivity index (χ1) is 12.0. The molecule has 0 saturated carbocycles. The Balaban J connectivity index is 1.58. The fraction of sp³-hybridized carbons (Fsp3) is 0.333. The fourth-order valence-electron chi connectivity index (χ4n) is 3.03. The molecule has 5 nitrogen and oxygen atoms in total. The number of piperidine rings is 1. The van der Waals surface area contributed by atoms with Gasteiger partial charge in [0.1, 0.15) is 4.88 Å². The number of rotatable bonds is 5. The van der Waals surface area contributed by atoms with Gasteiger partial charge in [0.15, 0.2) is 0 Å². The molecule has 0 spiro atoms. The van der Waals surface area contributed by atoms with E-state index in [4.69, 9.17) is 5.73 Å². The van der Waals surface area contributed by atoms with Gasteiger partial charge in [0.2, 0.25) is 5.91 Å². The number of likely N-dealkylation sites (tertiary alicyclic amines) is 1. The van der Waals surface area contributed by atoms with Crippen LogP contribution in [-0.4, -0.2) is 29.8 Å². The summed E-state index contributed by atoms with van der Waals surface area (Å²) in [6.07, 6.45) is 1.88. The molecule has 132 valence electrons. The lowest BCUT2D eigenvalue weighted by atomic mass is 9.97. The highest BCUT2D eigenvalue weighted by molar-refractivity contribution is 9.10. The Kier molecular flexibility index (Phi) is 5.88. The third kappa shape index (κ3) is 4.68. The molecular formula is C18H20BrN3O2S. The standard InChI is InChI=1S/C18H20BrN3O2S/c19-15-7-9-25-16(15)18(24)21-14-5-3-12(4-6-14)10-22-8-1-2-13(11-22)17(20)23/h3-7,9,13H,1-2,8,10-11H2,(H2,20,23)(H,21,24). The quantitative estimate of drug-likeness (QED) is 0.775. The Morgan fingerprint density at radius 1 is 1.28 bits per heavy atom. The van der Waals surface area contributed by atoms with E-state index in [1.165, 1.54) is 11.3 Å². The molecule has 1 aromatic carbocycles. The summed E-state index contributed by atoms with van der Waals surface area (Å²) in [5.41, 5.74) is 7.35. The van der Waals surface area contributed by atoms with Crippen LogP contribution in [0.3, 0.4) is 0 Å². The first-order valence-electron chi connectivity index (χ1n) is 8.18. The van der Waals surface area contributed by atoms with Crippen LogP contribution < -0.4 is 11.1 Å². The number of nitrogens with two attached hydrogens (primary N) is 1. The Morgan fingerprint density at radius 3 is 2.68 bits per heavy atom. The second kappa shape index (κ2) is 8.12. The van der Waals surface area contributed by atoms with Gasteiger partial charge in [-0.2, -0.15) is 0 Å². The number of carbonyl (C=O) groups excluding carboxylic acids is 2. The largest absolute Gasteiger partial charge is 0.369 e. The summed E-state index contributed by atoms with van der Waals surface area (Å²) in [4.78, 5) is 26.5. The van der Waals surface area contributed by atoms with E-state index in [1.54, 1.807) is 0 Å². The van der Waals surface area contributed by atoms with Crippen molar-refractivity contribution in [3.8, 4) is 0 Å². The first kappa shape index (κ1) is 18.1. The second-order valence-electron chi connectivity index (χ2n) is 6.23. The SMILES string of the molecule is NC(=O)C1CCCN(Cc2ccc(NC(=O)c3sccc3Br)cc2)C1. The topological polar surface area (TPSA) is 75.4 Å². The molecule has 1 saturated heterocycles. The Labute approximate surface area is 159 Å². The van der Waals surface area contributed by atoms with E-state index < -0.39 is 0 Å². The van der Waals surface area contributed by atoms with Crippen LogP contribution in [0.15, 0.2) is 40.2 Å². The maximum atomic E-state index is 12.2. The average molecular weight is 422 g/mol. The molecule has 3 N–H and O–H groups in total. The fourth-order valence-corrected chi connectivity index (χ4v) is 4.47. The smallest absolute Gasteiger partial charge is 0.266 e. The highest BCUT2D eigenvalue weighted by Gasteiger charge is 2.23. The van der Waals surface area contributed by atoms with Crippen LogP contribution >= 0.6 is 27.3 Å². The van der Waals surface area contributed by atoms with Crippen LogP contribution in [0.2, 0.25) is 0 Å². The molecule has 1 aromatic heterocycles. The van der Waals surface area contributed by atoms with E-state index >= 15 is 0 Å². The van der Waals surface area contributed by atoms with Crippen LogP contribution in [0.4, 0.5) is 5.69 Å². The molecule has 0 bridgehead atoms. The number of hydrogen-bond acceptors (Lipinski definition) is 4. The molecule has 1 unspecified atom stereocenters. The van der Waals surface area contributed by atoms with Crippen molar-refractivity contribution < 1.29 is 9.59 Å². The van der Waals surface area contributed by atoms with E-state index in [0.29, 0.717) is 4.88 Å². The van der Waals surface area contributed by atoms with Gasteiger partial charge in [-0.1, -0.05) is 12.1 Å². The van der Waals surface area contributed by atoms with Gasteiger partial charge in [-0.05, 0) is 64.5 Å². The van der Waals surface area contributed by atoms with Crippen molar-refractivity contribution in [1.29, 1.82) is 0 Å². The number of hydrogen-bond donors (Lipinski definition) is 2. The predicted molar refractivity (Wildman–Crippen MR) is 104 cm³/mol. The van der Waals surface area contributed by atoms with Gasteiger partial charge in [0.05, 0.1) is 5.92 Å². The summed E-state index contributed by atoms with van der Waals surface area (Å²) in [5, 5.41) is 4.78. The highest BCUT2D eigenvalue weighted by Crippen LogP contribution is 2.24. The highest BCUT2D eigenvalue weighted by atomic mass is 79.9. The third-order valence-corrected chi connectivity index (χ3v) is 6.19. The summed E-state index contributed by atoms with van der Waals surface area (Å²) < 4.78 is 0.806. The van der Waals surface area contributed by atoms with Crippen LogP contribution in [0.5, 0.6) is 0 Å². The lowest BCUT2D eigenvalue weighted by Crippen LogP contribution is -2.40. The molecule has 2 amide bonds. The number of amides is 2. The number of benzene rings is 1. The maximum absolute atomic E-state index is 12.2. The summed E-state index contributed by atoms with van der Waals surface area (Å²) >= 11 is 4.78. The number of anilines is 1. The molecule has 1 aliphatic heterocycles. The van der Waals surface area contributed by atoms with Crippen molar-refractivity contribution in [1.82, 2.24) is 4.90 Å². The molecule has 3 rings (SSSR count). The summed E-state index contributed by atoms with van der Waals surface area (Å²) in [5.74, 6) is -0.367. The summed E-state index contributed by atoms with van der Waals surface area (Å²) in [6.45, 7) is 2.49. The molecular weight excluding hydrogens is 402 g/mol. The van der Waals surface area contributed by atoms with Gasteiger partial charge < -0.3 is 11.1 Å². The number of nitrogens with zero attached hydrogens (tertiary/aromatic N) is 1. The minimum atomic E-state index is -0.206. The molecule has 2 heterocycles. The van der Waals surface area contributed by atoms with E-state index in [0.717, 1.165) is 48.2 Å². The van der Waals surface area contributed by atoms with Crippen molar-refractivity contribution in [2.45, 2.75) is 19.4 Å². The van der Waals surface area contributed by atoms with Crippen molar-refractivity contribution >= 4 is 44.8 Å². The van der Waals surface area contributed by atoms with Gasteiger partial charge in [-0.3, -0.25) is 14.5 Å². The minimum absolute atomic E-state index is 0.0449. The molecule has 1 atom stereocenters. The van der Waals surface area contributed by atoms with E-state index in [1.807, 2.05) is 35.7 Å². The molecule has 7 heteroatoms. The van der Waals surface area contributed by atoms with Gasteiger partial charge >= 0.3 is 0 Å². The second-order valence-corrected chi connectivity index (χ2v) is 8.00. The molecule has 25 heavy (non-hydrogen) atoms. The van der Waals surface area contributed by atoms with Crippen molar-refractivity contribution in [2.24, 2.45) is 11.7 Å². The van der Waals surface area contributed by atoms with Gasteiger partial charge in [-0.15, -0.1) is 11.3 Å². The van der Waals surface area contributed by atoms with E-state index in [9.17, 15) is 9.59 Å². The van der Waals surface area contributed by atoms with Crippen LogP contribution in [0, 0.1) is 5.92 Å².